The normalized spacial score (nSPS) is 36.8. The largest absolute Gasteiger partial charge is 0.460 e. The summed E-state index contributed by atoms with van der Waals surface area (Å²) in [4.78, 5) is 26.0. The number of benzene rings is 2. The molecule has 0 aromatic heterocycles. The molecule has 2 saturated carbocycles. The van der Waals surface area contributed by atoms with Gasteiger partial charge in [0, 0.05) is 17.8 Å². The number of aliphatic hydroxyl groups is 1. The Kier molecular flexibility index (Phi) is 5.65. The van der Waals surface area contributed by atoms with Gasteiger partial charge in [-0.3, -0.25) is 4.79 Å². The molecule has 1 aliphatic heterocycles. The first-order valence-corrected chi connectivity index (χ1v) is 14.1. The third kappa shape index (κ3) is 3.02. The Hall–Kier alpha value is -2.70. The summed E-state index contributed by atoms with van der Waals surface area (Å²) in [6, 6.07) is 16.9. The smallest absolute Gasteiger partial charge is 0.337 e. The zero-order chi connectivity index (χ0) is 27.1. The van der Waals surface area contributed by atoms with E-state index in [4.69, 9.17) is 9.47 Å². The molecule has 3 aliphatic carbocycles. The van der Waals surface area contributed by atoms with Crippen LogP contribution < -0.4 is 5.32 Å². The summed E-state index contributed by atoms with van der Waals surface area (Å²) in [6.45, 7) is 11.0. The van der Waals surface area contributed by atoms with Gasteiger partial charge in [0.15, 0.2) is 6.10 Å². The van der Waals surface area contributed by atoms with E-state index in [1.807, 2.05) is 37.3 Å². The topological polar surface area (TPSA) is 88.2 Å². The molecule has 8 atom stereocenters. The van der Waals surface area contributed by atoms with Gasteiger partial charge in [-0.05, 0) is 47.3 Å². The molecule has 0 spiro atoms. The Morgan fingerprint density at radius 1 is 1.11 bits per heavy atom. The van der Waals surface area contributed by atoms with Crippen LogP contribution in [0.4, 0.5) is 0 Å². The second kappa shape index (κ2) is 8.40. The van der Waals surface area contributed by atoms with Crippen LogP contribution in [-0.4, -0.2) is 34.8 Å². The van der Waals surface area contributed by atoms with Crippen LogP contribution in [0.1, 0.15) is 89.0 Å². The molecule has 0 radical (unpaired) electrons. The number of hydrogen-bond acceptors (Lipinski definition) is 5. The Labute approximate surface area is 225 Å². The number of hydrogen-bond donors (Lipinski definition) is 2. The third-order valence-corrected chi connectivity index (χ3v) is 10.8. The number of carbonyl (C=O) groups is 2. The van der Waals surface area contributed by atoms with Gasteiger partial charge in [-0.1, -0.05) is 89.2 Å². The zero-order valence-electron chi connectivity index (χ0n) is 23.0. The Bertz CT molecular complexity index is 1280. The molecule has 6 rings (SSSR count). The lowest BCUT2D eigenvalue weighted by Crippen LogP contribution is -2.53. The maximum Gasteiger partial charge on any atom is 0.337 e. The van der Waals surface area contributed by atoms with Gasteiger partial charge in [0.25, 0.3) is 0 Å². The number of carbonyl (C=O) groups excluding carboxylic acids is 2. The summed E-state index contributed by atoms with van der Waals surface area (Å²) >= 11 is 0. The number of ether oxygens (including phenoxy) is 2. The van der Waals surface area contributed by atoms with E-state index in [0.29, 0.717) is 30.7 Å². The quantitative estimate of drug-likeness (QED) is 0.392. The number of nitrogens with one attached hydrogen (secondary N) is 1. The number of fused-ring (bicyclic) bond motifs is 3. The maximum absolute atomic E-state index is 13.6. The fourth-order valence-corrected chi connectivity index (χ4v) is 8.73. The highest BCUT2D eigenvalue weighted by Crippen LogP contribution is 2.89. The van der Waals surface area contributed by atoms with Gasteiger partial charge in [0.1, 0.15) is 17.3 Å². The first-order chi connectivity index (χ1) is 18.0. The fraction of sp³-hybridized carbons (Fsp3) is 0.562. The van der Waals surface area contributed by atoms with Crippen LogP contribution in [0.2, 0.25) is 0 Å². The van der Waals surface area contributed by atoms with E-state index in [0.717, 1.165) is 6.42 Å². The van der Waals surface area contributed by atoms with Gasteiger partial charge in [0.05, 0.1) is 6.04 Å². The molecule has 2 aromatic rings. The highest BCUT2D eigenvalue weighted by molar-refractivity contribution is 5.80. The summed E-state index contributed by atoms with van der Waals surface area (Å²) in [5.41, 5.74) is 2.04. The first kappa shape index (κ1) is 25.6. The molecule has 6 nitrogen and oxygen atoms in total. The Morgan fingerprint density at radius 2 is 1.79 bits per heavy atom. The number of amides is 1. The van der Waals surface area contributed by atoms with Gasteiger partial charge in [0.2, 0.25) is 5.91 Å². The minimum absolute atomic E-state index is 0.132. The number of aliphatic hydroxyl groups excluding tert-OH is 1. The minimum Gasteiger partial charge on any atom is -0.460 e. The lowest BCUT2D eigenvalue weighted by Gasteiger charge is -2.46. The highest BCUT2D eigenvalue weighted by Gasteiger charge is 2.95. The van der Waals surface area contributed by atoms with Crippen molar-refractivity contribution < 1.29 is 24.2 Å². The monoisotopic (exact) mass is 517 g/mol. The first-order valence-electron chi connectivity index (χ1n) is 14.1. The number of esters is 1. The van der Waals surface area contributed by atoms with Gasteiger partial charge in [-0.2, -0.15) is 0 Å². The van der Waals surface area contributed by atoms with Gasteiger partial charge >= 0.3 is 5.97 Å². The summed E-state index contributed by atoms with van der Waals surface area (Å²) < 4.78 is 13.1. The minimum atomic E-state index is -1.52. The van der Waals surface area contributed by atoms with Gasteiger partial charge in [-0.25, -0.2) is 4.79 Å². The average molecular weight is 518 g/mol. The third-order valence-electron chi connectivity index (χ3n) is 10.8. The van der Waals surface area contributed by atoms with E-state index in [2.05, 4.69) is 57.3 Å². The molecule has 3 unspecified atom stereocenters. The lowest BCUT2D eigenvalue weighted by molar-refractivity contribution is -0.173. The zero-order valence-corrected chi connectivity index (χ0v) is 23.0. The van der Waals surface area contributed by atoms with Crippen molar-refractivity contribution in [1.29, 1.82) is 0 Å². The van der Waals surface area contributed by atoms with Crippen LogP contribution in [0.5, 0.6) is 0 Å². The maximum atomic E-state index is 13.6. The van der Waals surface area contributed by atoms with Crippen molar-refractivity contribution in [2.45, 2.75) is 95.7 Å². The van der Waals surface area contributed by atoms with E-state index < -0.39 is 29.1 Å². The number of rotatable bonds is 7. The molecule has 1 heterocycles. The van der Waals surface area contributed by atoms with Crippen molar-refractivity contribution in [1.82, 2.24) is 5.32 Å². The van der Waals surface area contributed by atoms with E-state index >= 15 is 0 Å². The van der Waals surface area contributed by atoms with Crippen molar-refractivity contribution in [3.05, 3.63) is 71.3 Å². The van der Waals surface area contributed by atoms with E-state index in [-0.39, 0.29) is 28.9 Å². The molecule has 2 aromatic carbocycles. The molecule has 1 saturated heterocycles. The van der Waals surface area contributed by atoms with Crippen molar-refractivity contribution in [3.63, 3.8) is 0 Å². The van der Waals surface area contributed by atoms with Crippen LogP contribution in [0.15, 0.2) is 54.6 Å². The van der Waals surface area contributed by atoms with Crippen molar-refractivity contribution >= 4 is 11.9 Å². The van der Waals surface area contributed by atoms with Crippen LogP contribution in [-0.2, 0) is 24.7 Å². The predicted octanol–water partition coefficient (Wildman–Crippen LogP) is 5.15. The fourth-order valence-electron chi connectivity index (χ4n) is 8.73. The predicted molar refractivity (Wildman–Crippen MR) is 143 cm³/mol. The summed E-state index contributed by atoms with van der Waals surface area (Å²) in [5.74, 6) is -0.368. The van der Waals surface area contributed by atoms with Crippen LogP contribution in [0.25, 0.3) is 0 Å². The lowest BCUT2D eigenvalue weighted by atomic mass is 9.58. The summed E-state index contributed by atoms with van der Waals surface area (Å²) in [6.07, 6.45) is 0.666. The molecule has 202 valence electrons. The summed E-state index contributed by atoms with van der Waals surface area (Å²) in [5, 5.41) is 14.1. The number of epoxide rings is 1. The molecule has 4 aliphatic rings. The van der Waals surface area contributed by atoms with Gasteiger partial charge in [-0.15, -0.1) is 0 Å². The standard InChI is InChI=1S/C32H39NO5/c1-6-12-25(34)33-26(20-13-8-7-9-14-20)27(35)28(36)37-24-17-23-29(3,4)30(24,5)31-18-19(2)21-15-10-11-16-22(21)32(23,31)38-31/h7-11,13-16,19,23-24,26-27,35H,6,12,17-18H2,1-5H3,(H,33,34)/t19-,23?,24?,26-,27+,30?,31-,32+/m0/s1. The van der Waals surface area contributed by atoms with E-state index in [1.165, 1.54) is 11.1 Å². The molecular formula is C32H39NO5. The molecular weight excluding hydrogens is 478 g/mol. The molecule has 38 heavy (non-hydrogen) atoms. The van der Waals surface area contributed by atoms with Crippen LogP contribution in [0.3, 0.4) is 0 Å². The molecule has 2 N–H and O–H groups in total. The Morgan fingerprint density at radius 3 is 2.50 bits per heavy atom. The van der Waals surface area contributed by atoms with E-state index in [9.17, 15) is 14.7 Å². The average Bonchev–Trinajstić information content (AvgIpc) is 3.53. The molecule has 3 fully saturated rings. The van der Waals surface area contributed by atoms with Crippen LogP contribution >= 0.6 is 0 Å². The summed E-state index contributed by atoms with van der Waals surface area (Å²) in [7, 11) is 0. The molecule has 2 bridgehead atoms. The van der Waals surface area contributed by atoms with Crippen molar-refractivity contribution in [3.8, 4) is 0 Å². The molecule has 1 amide bonds. The van der Waals surface area contributed by atoms with E-state index in [1.54, 1.807) is 0 Å². The Balaban J connectivity index is 1.29. The van der Waals surface area contributed by atoms with Crippen molar-refractivity contribution in [2.75, 3.05) is 0 Å². The van der Waals surface area contributed by atoms with Gasteiger partial charge < -0.3 is 19.9 Å². The second-order valence-corrected chi connectivity index (χ2v) is 12.6. The SMILES string of the molecule is CCCC(=O)N[C@@H](c1ccccc1)[C@@H](O)C(=O)OC1CC2C(C)(C)C1(C)[C@@]13C[C@H](C)c4ccccc4[C@@]21O3. The second-order valence-electron chi connectivity index (χ2n) is 12.6. The van der Waals surface area contributed by atoms with Crippen molar-refractivity contribution in [2.24, 2.45) is 16.7 Å². The highest BCUT2D eigenvalue weighted by atomic mass is 16.6. The van der Waals surface area contributed by atoms with Crippen LogP contribution in [0, 0.1) is 16.7 Å². The molecule has 6 heteroatoms.